The number of aliphatic hydroxyl groups is 2. The third-order valence-corrected chi connectivity index (χ3v) is 10.8. The molecule has 4 rings (SSSR count). The van der Waals surface area contributed by atoms with Gasteiger partial charge in [0, 0.05) is 6.54 Å². The predicted octanol–water partition coefficient (Wildman–Crippen LogP) is 4.37. The zero-order valence-electron chi connectivity index (χ0n) is 21.2. The van der Waals surface area contributed by atoms with Gasteiger partial charge in [-0.15, -0.1) is 0 Å². The van der Waals surface area contributed by atoms with Crippen LogP contribution in [0.15, 0.2) is 0 Å². The Morgan fingerprint density at radius 2 is 1.78 bits per heavy atom. The first-order valence-corrected chi connectivity index (χ1v) is 13.6. The lowest BCUT2D eigenvalue weighted by Gasteiger charge is -2.63. The molecule has 186 valence electrons. The van der Waals surface area contributed by atoms with E-state index >= 15 is 0 Å². The third-order valence-electron chi connectivity index (χ3n) is 10.8. The number of aliphatic hydroxyl groups excluding tert-OH is 1. The van der Waals surface area contributed by atoms with Crippen molar-refractivity contribution >= 4 is 0 Å². The van der Waals surface area contributed by atoms with Gasteiger partial charge in [-0.25, -0.2) is 5.48 Å². The smallest absolute Gasteiger partial charge is 0.0734 e. The lowest BCUT2D eigenvalue weighted by atomic mass is 9.43. The van der Waals surface area contributed by atoms with Gasteiger partial charge >= 0.3 is 0 Å². The monoisotopic (exact) mass is 450 g/mol. The fraction of sp³-hybridized carbons (Fsp3) is 1.00. The van der Waals surface area contributed by atoms with Crippen molar-refractivity contribution in [3.05, 3.63) is 0 Å². The molecule has 0 aromatic rings. The molecule has 0 heterocycles. The summed E-state index contributed by atoms with van der Waals surface area (Å²) in [6.07, 6.45) is 13.4. The summed E-state index contributed by atoms with van der Waals surface area (Å²) in [5, 5.41) is 22.5. The average molecular weight is 451 g/mol. The Morgan fingerprint density at radius 3 is 2.56 bits per heavy atom. The molecule has 8 atom stereocenters. The van der Waals surface area contributed by atoms with Gasteiger partial charge in [-0.1, -0.05) is 13.8 Å². The number of hydrogen-bond donors (Lipinski definition) is 3. The molecule has 0 radical (unpaired) electrons. The van der Waals surface area contributed by atoms with Gasteiger partial charge in [-0.2, -0.15) is 0 Å². The molecule has 5 heteroatoms. The highest BCUT2D eigenvalue weighted by atomic mass is 16.6. The van der Waals surface area contributed by atoms with E-state index in [1.54, 1.807) is 0 Å². The summed E-state index contributed by atoms with van der Waals surface area (Å²) in [5.74, 6) is 2.38. The SMILES string of the molecule is CN(C)CCCONCCCC1CC[C@@]2(O)[C@@H]3CCC4CC(O)CC[C@]4(C)[C@@H]3CC[C@]12C. The fourth-order valence-electron chi connectivity index (χ4n) is 8.79. The molecule has 4 aliphatic rings. The molecule has 0 aliphatic heterocycles. The lowest BCUT2D eigenvalue weighted by Crippen LogP contribution is -2.62. The van der Waals surface area contributed by atoms with Crippen LogP contribution in [0.5, 0.6) is 0 Å². The van der Waals surface area contributed by atoms with Crippen LogP contribution in [-0.4, -0.2) is 60.6 Å². The van der Waals surface area contributed by atoms with Gasteiger partial charge in [-0.05, 0) is 132 Å². The van der Waals surface area contributed by atoms with Gasteiger partial charge in [0.1, 0.15) is 0 Å². The largest absolute Gasteiger partial charge is 0.393 e. The van der Waals surface area contributed by atoms with Crippen molar-refractivity contribution in [1.29, 1.82) is 0 Å². The van der Waals surface area contributed by atoms with Gasteiger partial charge in [0.05, 0.1) is 18.3 Å². The Balaban J connectivity index is 1.31. The Bertz CT molecular complexity index is 630. The van der Waals surface area contributed by atoms with Crippen LogP contribution in [0.25, 0.3) is 0 Å². The summed E-state index contributed by atoms with van der Waals surface area (Å²) in [5.41, 5.74) is 3.07. The maximum Gasteiger partial charge on any atom is 0.0734 e. The molecule has 0 bridgehead atoms. The van der Waals surface area contributed by atoms with Gasteiger partial charge < -0.3 is 20.0 Å². The molecule has 0 aromatic carbocycles. The van der Waals surface area contributed by atoms with Crippen LogP contribution in [0, 0.1) is 34.5 Å². The van der Waals surface area contributed by atoms with E-state index in [4.69, 9.17) is 4.84 Å². The van der Waals surface area contributed by atoms with Crippen molar-refractivity contribution in [2.24, 2.45) is 34.5 Å². The van der Waals surface area contributed by atoms with Crippen molar-refractivity contribution < 1.29 is 15.1 Å². The molecule has 0 aromatic heterocycles. The molecule has 32 heavy (non-hydrogen) atoms. The first-order valence-electron chi connectivity index (χ1n) is 13.6. The highest BCUT2D eigenvalue weighted by Crippen LogP contribution is 2.69. The van der Waals surface area contributed by atoms with E-state index < -0.39 is 5.60 Å². The van der Waals surface area contributed by atoms with E-state index in [2.05, 4.69) is 38.3 Å². The second-order valence-electron chi connectivity index (χ2n) is 12.6. The minimum Gasteiger partial charge on any atom is -0.393 e. The van der Waals surface area contributed by atoms with Crippen LogP contribution in [0.1, 0.15) is 90.9 Å². The molecule has 3 unspecified atom stereocenters. The van der Waals surface area contributed by atoms with Gasteiger partial charge in [0.15, 0.2) is 0 Å². The lowest BCUT2D eigenvalue weighted by molar-refractivity contribution is -0.210. The Morgan fingerprint density at radius 1 is 0.969 bits per heavy atom. The molecular formula is C27H50N2O3. The van der Waals surface area contributed by atoms with E-state index in [-0.39, 0.29) is 11.5 Å². The summed E-state index contributed by atoms with van der Waals surface area (Å²) in [6.45, 7) is 7.65. The Hall–Kier alpha value is -0.200. The number of hydroxylamine groups is 1. The van der Waals surface area contributed by atoms with Gasteiger partial charge in [0.2, 0.25) is 0 Å². The van der Waals surface area contributed by atoms with E-state index in [9.17, 15) is 10.2 Å². The average Bonchev–Trinajstić information content (AvgIpc) is 3.01. The first-order chi connectivity index (χ1) is 15.2. The fourth-order valence-corrected chi connectivity index (χ4v) is 8.79. The number of hydrogen-bond acceptors (Lipinski definition) is 5. The van der Waals surface area contributed by atoms with Crippen LogP contribution in [0.4, 0.5) is 0 Å². The molecule has 4 fully saturated rings. The van der Waals surface area contributed by atoms with Crippen LogP contribution in [-0.2, 0) is 4.84 Å². The van der Waals surface area contributed by atoms with E-state index in [1.165, 1.54) is 38.5 Å². The number of rotatable bonds is 9. The number of nitrogens with one attached hydrogen (secondary N) is 1. The number of nitrogens with zero attached hydrogens (tertiary/aromatic N) is 1. The Kier molecular flexibility index (Phi) is 7.64. The second kappa shape index (κ2) is 9.81. The van der Waals surface area contributed by atoms with Crippen LogP contribution >= 0.6 is 0 Å². The topological polar surface area (TPSA) is 65.0 Å². The zero-order chi connectivity index (χ0) is 23.0. The molecular weight excluding hydrogens is 400 g/mol. The minimum atomic E-state index is -0.485. The van der Waals surface area contributed by atoms with Crippen molar-refractivity contribution in [3.8, 4) is 0 Å². The summed E-state index contributed by atoms with van der Waals surface area (Å²) >= 11 is 0. The molecule has 5 nitrogen and oxygen atoms in total. The summed E-state index contributed by atoms with van der Waals surface area (Å²) in [7, 11) is 4.19. The molecule has 4 aliphatic carbocycles. The molecule has 3 N–H and O–H groups in total. The zero-order valence-corrected chi connectivity index (χ0v) is 21.2. The highest BCUT2D eigenvalue weighted by molar-refractivity contribution is 5.16. The maximum absolute atomic E-state index is 12.2. The summed E-state index contributed by atoms with van der Waals surface area (Å²) in [4.78, 5) is 7.78. The van der Waals surface area contributed by atoms with E-state index in [0.717, 1.165) is 58.2 Å². The quantitative estimate of drug-likeness (QED) is 0.359. The second-order valence-corrected chi connectivity index (χ2v) is 12.6. The Labute approximate surface area is 196 Å². The molecule has 0 saturated heterocycles. The van der Waals surface area contributed by atoms with E-state index in [0.29, 0.717) is 29.1 Å². The van der Waals surface area contributed by atoms with Crippen LogP contribution in [0.2, 0.25) is 0 Å². The summed E-state index contributed by atoms with van der Waals surface area (Å²) in [6, 6.07) is 0. The van der Waals surface area contributed by atoms with Crippen molar-refractivity contribution in [2.45, 2.75) is 103 Å². The number of fused-ring (bicyclic) bond motifs is 5. The molecule has 0 amide bonds. The van der Waals surface area contributed by atoms with Crippen LogP contribution in [0.3, 0.4) is 0 Å². The van der Waals surface area contributed by atoms with Crippen LogP contribution < -0.4 is 5.48 Å². The molecule has 4 saturated carbocycles. The predicted molar refractivity (Wildman–Crippen MR) is 129 cm³/mol. The molecule has 0 spiro atoms. The maximum atomic E-state index is 12.2. The highest BCUT2D eigenvalue weighted by Gasteiger charge is 2.66. The van der Waals surface area contributed by atoms with Gasteiger partial charge in [0.25, 0.3) is 0 Å². The van der Waals surface area contributed by atoms with Crippen molar-refractivity contribution in [1.82, 2.24) is 10.4 Å². The van der Waals surface area contributed by atoms with Gasteiger partial charge in [-0.3, -0.25) is 0 Å². The third kappa shape index (κ3) is 4.42. The van der Waals surface area contributed by atoms with E-state index in [1.807, 2.05) is 0 Å². The first kappa shape index (κ1) is 24.9. The minimum absolute atomic E-state index is 0.0676. The standard InChI is InChI=1S/C27H50N2O3/c1-25-13-11-22(30)19-21(25)8-9-24-23(25)12-14-26(2)20(10-15-27(24,26)31)7-5-16-28-32-18-6-17-29(3)4/h20-24,28,30-31H,5-19H2,1-4H3/t20?,21?,22?,23-,24-,25+,26-,27-/m1/s1. The summed E-state index contributed by atoms with van der Waals surface area (Å²) < 4.78 is 0. The van der Waals surface area contributed by atoms with Crippen molar-refractivity contribution in [2.75, 3.05) is 33.8 Å². The normalized spacial score (nSPS) is 46.0. The van der Waals surface area contributed by atoms with Crippen molar-refractivity contribution in [3.63, 3.8) is 0 Å².